The number of amides is 1. The summed E-state index contributed by atoms with van der Waals surface area (Å²) in [5.74, 6) is -0.556. The molecule has 1 heterocycles. The average Bonchev–Trinajstić information content (AvgIpc) is 2.26. The van der Waals surface area contributed by atoms with Crippen molar-refractivity contribution in [3.63, 3.8) is 0 Å². The van der Waals surface area contributed by atoms with Gasteiger partial charge in [-0.25, -0.2) is 0 Å². The molecule has 1 amide bonds. The quantitative estimate of drug-likeness (QED) is 0.754. The molecular weight excluding hydrogens is 228 g/mol. The Morgan fingerprint density at radius 2 is 1.88 bits per heavy atom. The number of rotatable bonds is 4. The van der Waals surface area contributed by atoms with Gasteiger partial charge >= 0.3 is 5.97 Å². The van der Waals surface area contributed by atoms with Crippen LogP contribution in [0.3, 0.4) is 0 Å². The molecule has 1 aliphatic rings. The lowest BCUT2D eigenvalue weighted by Gasteiger charge is -2.32. The Morgan fingerprint density at radius 3 is 2.38 bits per heavy atom. The highest BCUT2D eigenvalue weighted by Crippen LogP contribution is 2.12. The van der Waals surface area contributed by atoms with Crippen LogP contribution in [0.1, 0.15) is 6.92 Å². The molecule has 1 rings (SSSR count). The van der Waals surface area contributed by atoms with Crippen LogP contribution in [-0.2, 0) is 9.59 Å². The molecule has 1 N–H and O–H groups in total. The summed E-state index contributed by atoms with van der Waals surface area (Å²) in [4.78, 5) is 26.3. The number of aliphatic carboxylic acids is 1. The van der Waals surface area contributed by atoms with E-state index in [4.69, 9.17) is 5.11 Å². The number of thioether (sulfide) groups is 1. The van der Waals surface area contributed by atoms with Crippen molar-refractivity contribution in [3.8, 4) is 0 Å². The van der Waals surface area contributed by atoms with Crippen molar-refractivity contribution in [2.24, 2.45) is 0 Å². The molecule has 0 radical (unpaired) electrons. The van der Waals surface area contributed by atoms with Crippen molar-refractivity contribution in [2.75, 3.05) is 39.0 Å². The van der Waals surface area contributed by atoms with Gasteiger partial charge in [-0.2, -0.15) is 0 Å². The van der Waals surface area contributed by atoms with E-state index in [1.165, 1.54) is 11.8 Å². The number of hydrogen-bond acceptors (Lipinski definition) is 4. The molecule has 0 aliphatic carbocycles. The van der Waals surface area contributed by atoms with Crippen molar-refractivity contribution < 1.29 is 14.7 Å². The minimum atomic E-state index is -0.865. The average molecular weight is 246 g/mol. The lowest BCUT2D eigenvalue weighted by molar-refractivity contribution is -0.136. The summed E-state index contributed by atoms with van der Waals surface area (Å²) in [6.07, 6.45) is 0. The topological polar surface area (TPSA) is 60.9 Å². The van der Waals surface area contributed by atoms with E-state index in [1.54, 1.807) is 6.92 Å². The first-order chi connectivity index (χ1) is 7.50. The molecule has 16 heavy (non-hydrogen) atoms. The Hall–Kier alpha value is -0.750. The van der Waals surface area contributed by atoms with Crippen LogP contribution in [0.25, 0.3) is 0 Å². The lowest BCUT2D eigenvalue weighted by atomic mass is 10.3. The number of carbonyl (C=O) groups is 2. The zero-order valence-electron chi connectivity index (χ0n) is 9.68. The van der Waals surface area contributed by atoms with Gasteiger partial charge in [-0.05, 0) is 14.0 Å². The Bertz CT molecular complexity index is 265. The van der Waals surface area contributed by atoms with Crippen molar-refractivity contribution in [2.45, 2.75) is 12.2 Å². The molecule has 92 valence electrons. The number of piperazine rings is 1. The second-order valence-corrected chi connectivity index (χ2v) is 5.30. The van der Waals surface area contributed by atoms with E-state index in [1.807, 2.05) is 11.9 Å². The van der Waals surface area contributed by atoms with Gasteiger partial charge in [0.05, 0.1) is 11.0 Å². The van der Waals surface area contributed by atoms with Crippen LogP contribution in [0, 0.1) is 0 Å². The van der Waals surface area contributed by atoms with Crippen molar-refractivity contribution >= 4 is 23.6 Å². The number of carboxylic acids is 1. The van der Waals surface area contributed by atoms with Crippen molar-refractivity contribution in [3.05, 3.63) is 0 Å². The van der Waals surface area contributed by atoms with Gasteiger partial charge < -0.3 is 14.9 Å². The summed E-state index contributed by atoms with van der Waals surface area (Å²) in [6.45, 7) is 4.88. The fourth-order valence-electron chi connectivity index (χ4n) is 1.41. The molecule has 0 spiro atoms. The Morgan fingerprint density at radius 1 is 1.31 bits per heavy atom. The first-order valence-corrected chi connectivity index (χ1v) is 6.36. The molecule has 1 aliphatic heterocycles. The third-order valence-corrected chi connectivity index (χ3v) is 3.78. The number of nitrogens with zero attached hydrogens (tertiary/aromatic N) is 2. The minimum absolute atomic E-state index is 0.0474. The molecule has 1 unspecified atom stereocenters. The van der Waals surface area contributed by atoms with Gasteiger partial charge in [0.1, 0.15) is 0 Å². The summed E-state index contributed by atoms with van der Waals surface area (Å²) < 4.78 is 0. The highest BCUT2D eigenvalue weighted by molar-refractivity contribution is 8.01. The second-order valence-electron chi connectivity index (χ2n) is 3.98. The van der Waals surface area contributed by atoms with E-state index < -0.39 is 11.2 Å². The van der Waals surface area contributed by atoms with Crippen LogP contribution in [0.4, 0.5) is 0 Å². The number of carboxylic acid groups (broad SMARTS) is 1. The zero-order valence-corrected chi connectivity index (χ0v) is 10.5. The number of carbonyl (C=O) groups excluding carboxylic acids is 1. The van der Waals surface area contributed by atoms with Crippen LogP contribution in [0.5, 0.6) is 0 Å². The molecule has 5 nitrogen and oxygen atoms in total. The predicted molar refractivity (Wildman–Crippen MR) is 63.6 cm³/mol. The van der Waals surface area contributed by atoms with E-state index in [9.17, 15) is 9.59 Å². The molecular formula is C10H18N2O3S. The van der Waals surface area contributed by atoms with E-state index in [2.05, 4.69) is 4.90 Å². The van der Waals surface area contributed by atoms with E-state index in [-0.39, 0.29) is 11.7 Å². The highest BCUT2D eigenvalue weighted by atomic mass is 32.2. The first-order valence-electron chi connectivity index (χ1n) is 5.31. The van der Waals surface area contributed by atoms with Crippen molar-refractivity contribution in [1.29, 1.82) is 0 Å². The van der Waals surface area contributed by atoms with Gasteiger partial charge in [-0.3, -0.25) is 9.59 Å². The number of hydrogen-bond donors (Lipinski definition) is 1. The monoisotopic (exact) mass is 246 g/mol. The van der Waals surface area contributed by atoms with E-state index >= 15 is 0 Å². The summed E-state index contributed by atoms with van der Waals surface area (Å²) in [5.41, 5.74) is 0. The standard InChI is InChI=1S/C10H18N2O3S/c1-8(10(14)15)16-7-9(13)12-5-3-11(2)4-6-12/h8H,3-7H2,1-2H3,(H,14,15). The fourth-order valence-corrected chi connectivity index (χ4v) is 2.13. The maximum absolute atomic E-state index is 11.7. The van der Waals surface area contributed by atoms with Crippen LogP contribution < -0.4 is 0 Å². The van der Waals surface area contributed by atoms with Crippen LogP contribution >= 0.6 is 11.8 Å². The van der Waals surface area contributed by atoms with Gasteiger partial charge in [0.15, 0.2) is 0 Å². The van der Waals surface area contributed by atoms with Gasteiger partial charge in [-0.1, -0.05) is 0 Å². The normalized spacial score (nSPS) is 19.5. The van der Waals surface area contributed by atoms with Crippen LogP contribution in [0.15, 0.2) is 0 Å². The van der Waals surface area contributed by atoms with Gasteiger partial charge in [0.2, 0.25) is 5.91 Å². The summed E-state index contributed by atoms with van der Waals surface area (Å²) >= 11 is 1.18. The molecule has 6 heteroatoms. The minimum Gasteiger partial charge on any atom is -0.480 e. The van der Waals surface area contributed by atoms with Gasteiger partial charge in [-0.15, -0.1) is 11.8 Å². The second kappa shape index (κ2) is 6.10. The molecule has 0 saturated carbocycles. The highest BCUT2D eigenvalue weighted by Gasteiger charge is 2.20. The molecule has 0 aromatic heterocycles. The van der Waals surface area contributed by atoms with Crippen LogP contribution in [-0.4, -0.2) is 71.0 Å². The summed E-state index contributed by atoms with van der Waals surface area (Å²) in [7, 11) is 2.03. The third-order valence-electron chi connectivity index (χ3n) is 2.66. The first kappa shape index (κ1) is 13.3. The maximum Gasteiger partial charge on any atom is 0.316 e. The smallest absolute Gasteiger partial charge is 0.316 e. The maximum atomic E-state index is 11.7. The van der Waals surface area contributed by atoms with E-state index in [0.29, 0.717) is 0 Å². The SMILES string of the molecule is CC(SCC(=O)N1CCN(C)CC1)C(=O)O. The van der Waals surface area contributed by atoms with E-state index in [0.717, 1.165) is 26.2 Å². The van der Waals surface area contributed by atoms with Crippen molar-refractivity contribution in [1.82, 2.24) is 9.80 Å². The molecule has 0 aromatic rings. The lowest BCUT2D eigenvalue weighted by Crippen LogP contribution is -2.47. The fraction of sp³-hybridized carbons (Fsp3) is 0.800. The Kier molecular flexibility index (Phi) is 5.08. The molecule has 0 bridgehead atoms. The molecule has 1 saturated heterocycles. The third kappa shape index (κ3) is 4.02. The van der Waals surface area contributed by atoms with Gasteiger partial charge in [0.25, 0.3) is 0 Å². The molecule has 1 fully saturated rings. The molecule has 0 aromatic carbocycles. The molecule has 1 atom stereocenters. The largest absolute Gasteiger partial charge is 0.480 e. The zero-order chi connectivity index (χ0) is 12.1. The summed E-state index contributed by atoms with van der Waals surface area (Å²) in [6, 6.07) is 0. The van der Waals surface area contributed by atoms with Crippen LogP contribution in [0.2, 0.25) is 0 Å². The van der Waals surface area contributed by atoms with Gasteiger partial charge in [0, 0.05) is 26.2 Å². The Balaban J connectivity index is 2.27. The summed E-state index contributed by atoms with van der Waals surface area (Å²) in [5, 5.41) is 8.17. The number of likely N-dealkylation sites (N-methyl/N-ethyl adjacent to an activating group) is 1. The predicted octanol–water partition coefficient (Wildman–Crippen LogP) is -0.0333. The Labute approximate surface area is 99.8 Å².